The summed E-state index contributed by atoms with van der Waals surface area (Å²) in [7, 11) is 1.41. The van der Waals surface area contributed by atoms with Gasteiger partial charge in [0.2, 0.25) is 0 Å². The van der Waals surface area contributed by atoms with E-state index >= 15 is 0 Å². The molecule has 1 rings (SSSR count). The second-order valence-electron chi connectivity index (χ2n) is 4.00. The number of ether oxygens (including phenoxy) is 1. The molecule has 0 aromatic heterocycles. The number of benzene rings is 1. The number of carbonyl (C=O) groups excluding carboxylic acids is 1. The van der Waals surface area contributed by atoms with E-state index in [1.54, 1.807) is 13.8 Å². The normalized spacial score (nSPS) is 10.9. The number of hydrogen-bond acceptors (Lipinski definition) is 5. The van der Waals surface area contributed by atoms with Gasteiger partial charge in [-0.2, -0.15) is 5.06 Å². The number of nitrogens with zero attached hydrogens (tertiary/aromatic N) is 1. The summed E-state index contributed by atoms with van der Waals surface area (Å²) in [5.41, 5.74) is 0.388. The second-order valence-corrected chi connectivity index (χ2v) is 4.00. The molecule has 0 aliphatic carbocycles. The summed E-state index contributed by atoms with van der Waals surface area (Å²) in [4.78, 5) is 11.8. The van der Waals surface area contributed by atoms with Crippen molar-refractivity contribution < 1.29 is 19.8 Å². The minimum Gasteiger partial charge on any atom is -0.504 e. The lowest BCUT2D eigenvalue weighted by Crippen LogP contribution is -2.32. The highest BCUT2D eigenvalue weighted by atomic mass is 16.5. The van der Waals surface area contributed by atoms with Crippen LogP contribution in [0.25, 0.3) is 0 Å². The van der Waals surface area contributed by atoms with Crippen LogP contribution in [0.15, 0.2) is 18.2 Å². The van der Waals surface area contributed by atoms with Crippen molar-refractivity contribution in [2.45, 2.75) is 19.9 Å². The Morgan fingerprint density at radius 2 is 2.12 bits per heavy atom. The zero-order valence-corrected chi connectivity index (χ0v) is 10.2. The summed E-state index contributed by atoms with van der Waals surface area (Å²) in [6, 6.07) is 4.21. The van der Waals surface area contributed by atoms with E-state index in [0.29, 0.717) is 5.56 Å². The third-order valence-electron chi connectivity index (χ3n) is 2.40. The van der Waals surface area contributed by atoms with E-state index in [1.165, 1.54) is 25.3 Å². The number of aromatic hydroxyl groups is 1. The molecule has 1 aromatic rings. The van der Waals surface area contributed by atoms with Crippen molar-refractivity contribution in [2.75, 3.05) is 13.7 Å². The highest BCUT2D eigenvalue weighted by Crippen LogP contribution is 2.26. The van der Waals surface area contributed by atoms with Crippen molar-refractivity contribution in [1.29, 1.82) is 0 Å². The Labute approximate surface area is 100 Å². The van der Waals surface area contributed by atoms with Crippen molar-refractivity contribution in [2.24, 2.45) is 0 Å². The van der Waals surface area contributed by atoms with Crippen molar-refractivity contribution in [3.63, 3.8) is 0 Å². The lowest BCUT2D eigenvalue weighted by Gasteiger charge is -2.17. The van der Waals surface area contributed by atoms with Gasteiger partial charge in [0.15, 0.2) is 17.3 Å². The number of rotatable bonds is 5. The number of Topliss-reactive ketones (excluding diaryl/α,β-unsaturated/α-hetero) is 1. The standard InChI is InChI=1S/C12H17NO4/c1-8(2)13(16)7-11(15)9-4-5-10(14)12(6-9)17-3/h4-6,8,14,16H,7H2,1-3H3. The van der Waals surface area contributed by atoms with Crippen LogP contribution in [0.2, 0.25) is 0 Å². The molecule has 5 nitrogen and oxygen atoms in total. The van der Waals surface area contributed by atoms with Crippen LogP contribution in [0, 0.1) is 0 Å². The number of phenols is 1. The van der Waals surface area contributed by atoms with Crippen LogP contribution < -0.4 is 4.74 Å². The predicted octanol–water partition coefficient (Wildman–Crippen LogP) is 1.68. The van der Waals surface area contributed by atoms with Crippen LogP contribution in [0.5, 0.6) is 11.5 Å². The van der Waals surface area contributed by atoms with E-state index in [1.807, 2.05) is 0 Å². The van der Waals surface area contributed by atoms with E-state index in [9.17, 15) is 15.1 Å². The molecule has 0 spiro atoms. The SMILES string of the molecule is COc1cc(C(=O)CN(O)C(C)C)ccc1O. The summed E-state index contributed by atoms with van der Waals surface area (Å²) in [6.07, 6.45) is 0. The molecule has 0 radical (unpaired) electrons. The van der Waals surface area contributed by atoms with Gasteiger partial charge in [-0.25, -0.2) is 0 Å². The zero-order chi connectivity index (χ0) is 13.0. The fourth-order valence-corrected chi connectivity index (χ4v) is 1.27. The Morgan fingerprint density at radius 3 is 2.65 bits per heavy atom. The third-order valence-corrected chi connectivity index (χ3v) is 2.40. The van der Waals surface area contributed by atoms with Gasteiger partial charge < -0.3 is 15.1 Å². The van der Waals surface area contributed by atoms with Crippen molar-refractivity contribution in [1.82, 2.24) is 5.06 Å². The number of phenolic OH excluding ortho intramolecular Hbond substituents is 1. The van der Waals surface area contributed by atoms with E-state index in [0.717, 1.165) is 5.06 Å². The predicted molar refractivity (Wildman–Crippen MR) is 62.6 cm³/mol. The zero-order valence-electron chi connectivity index (χ0n) is 10.2. The lowest BCUT2D eigenvalue weighted by molar-refractivity contribution is -0.107. The van der Waals surface area contributed by atoms with Gasteiger partial charge in [-0.1, -0.05) is 0 Å². The van der Waals surface area contributed by atoms with Crippen LogP contribution in [-0.4, -0.2) is 40.9 Å². The molecule has 0 aliphatic rings. The molecule has 0 bridgehead atoms. The lowest BCUT2D eigenvalue weighted by atomic mass is 10.1. The Balaban J connectivity index is 2.82. The molecule has 2 N–H and O–H groups in total. The minimum absolute atomic E-state index is 0.0197. The summed E-state index contributed by atoms with van der Waals surface area (Å²) >= 11 is 0. The van der Waals surface area contributed by atoms with Gasteiger partial charge in [-0.3, -0.25) is 4.79 Å². The second kappa shape index (κ2) is 5.65. The monoisotopic (exact) mass is 239 g/mol. The van der Waals surface area contributed by atoms with Crippen molar-refractivity contribution in [3.05, 3.63) is 23.8 Å². The van der Waals surface area contributed by atoms with Crippen LogP contribution >= 0.6 is 0 Å². The first-order chi connectivity index (χ1) is 7.95. The molecule has 0 saturated carbocycles. The smallest absolute Gasteiger partial charge is 0.179 e. The average Bonchev–Trinajstić information content (AvgIpc) is 2.29. The fraction of sp³-hybridized carbons (Fsp3) is 0.417. The summed E-state index contributed by atoms with van der Waals surface area (Å²) in [5.74, 6) is -0.0156. The largest absolute Gasteiger partial charge is 0.504 e. The molecular weight excluding hydrogens is 222 g/mol. The molecular formula is C12H17NO4. The summed E-state index contributed by atoms with van der Waals surface area (Å²) in [5, 5.41) is 19.8. The molecule has 0 heterocycles. The molecule has 1 aromatic carbocycles. The summed E-state index contributed by atoms with van der Waals surface area (Å²) in [6.45, 7) is 3.47. The van der Waals surface area contributed by atoms with Crippen LogP contribution in [0.1, 0.15) is 24.2 Å². The molecule has 0 amide bonds. The van der Waals surface area contributed by atoms with Gasteiger partial charge in [0, 0.05) is 11.6 Å². The molecule has 0 saturated heterocycles. The number of methoxy groups -OCH3 is 1. The minimum atomic E-state index is -0.237. The van der Waals surface area contributed by atoms with Gasteiger partial charge in [0.25, 0.3) is 0 Å². The van der Waals surface area contributed by atoms with Gasteiger partial charge in [0.1, 0.15) is 0 Å². The maximum Gasteiger partial charge on any atom is 0.179 e. The average molecular weight is 239 g/mol. The molecule has 0 fully saturated rings. The first-order valence-corrected chi connectivity index (χ1v) is 5.31. The third kappa shape index (κ3) is 3.44. The van der Waals surface area contributed by atoms with Crippen molar-refractivity contribution in [3.8, 4) is 11.5 Å². The summed E-state index contributed by atoms with van der Waals surface area (Å²) < 4.78 is 4.91. The van der Waals surface area contributed by atoms with E-state index in [2.05, 4.69) is 0 Å². The number of hydroxylamine groups is 2. The molecule has 0 unspecified atom stereocenters. The Bertz CT molecular complexity index is 403. The van der Waals surface area contributed by atoms with Crippen LogP contribution in [0.4, 0.5) is 0 Å². The van der Waals surface area contributed by atoms with E-state index < -0.39 is 0 Å². The topological polar surface area (TPSA) is 70.0 Å². The Hall–Kier alpha value is -1.59. The Morgan fingerprint density at radius 1 is 1.47 bits per heavy atom. The maximum atomic E-state index is 11.8. The number of hydrogen-bond donors (Lipinski definition) is 2. The molecule has 94 valence electrons. The van der Waals surface area contributed by atoms with Crippen molar-refractivity contribution >= 4 is 5.78 Å². The highest BCUT2D eigenvalue weighted by molar-refractivity contribution is 5.98. The molecule has 5 heteroatoms. The molecule has 0 atom stereocenters. The highest BCUT2D eigenvalue weighted by Gasteiger charge is 2.14. The van der Waals surface area contributed by atoms with E-state index in [4.69, 9.17) is 4.74 Å². The number of carbonyl (C=O) groups is 1. The van der Waals surface area contributed by atoms with Gasteiger partial charge in [-0.15, -0.1) is 0 Å². The van der Waals surface area contributed by atoms with Crippen LogP contribution in [0.3, 0.4) is 0 Å². The van der Waals surface area contributed by atoms with Crippen LogP contribution in [-0.2, 0) is 0 Å². The van der Waals surface area contributed by atoms with E-state index in [-0.39, 0.29) is 29.9 Å². The Kier molecular flexibility index (Phi) is 4.48. The first kappa shape index (κ1) is 13.5. The maximum absolute atomic E-state index is 11.8. The molecule has 0 aliphatic heterocycles. The van der Waals surface area contributed by atoms with Gasteiger partial charge in [-0.05, 0) is 32.0 Å². The quantitative estimate of drug-likeness (QED) is 0.604. The fourth-order valence-electron chi connectivity index (χ4n) is 1.27. The van der Waals surface area contributed by atoms with Gasteiger partial charge >= 0.3 is 0 Å². The first-order valence-electron chi connectivity index (χ1n) is 5.31. The van der Waals surface area contributed by atoms with Gasteiger partial charge in [0.05, 0.1) is 13.7 Å². The number of ketones is 1. The molecule has 17 heavy (non-hydrogen) atoms.